The van der Waals surface area contributed by atoms with Gasteiger partial charge in [-0.2, -0.15) is 0 Å². The van der Waals surface area contributed by atoms with Crippen LogP contribution in [0, 0.1) is 0 Å². The second-order valence-corrected chi connectivity index (χ2v) is 7.13. The molecule has 0 spiro atoms. The standard InChI is InChI=1S/C18H23FN4O3/c19-13-2-1-7-23(11-13)18(25)15-10-21-17(26-15)12-4-8-22(9-5-12)14-3-6-20-16(14)24/h2,10,12,14H,1,3-9,11H2,(H,20,24). The number of amides is 2. The number of nitrogens with zero attached hydrogens (tertiary/aromatic N) is 3. The van der Waals surface area contributed by atoms with Crippen LogP contribution in [-0.2, 0) is 4.79 Å². The Hall–Kier alpha value is -2.22. The summed E-state index contributed by atoms with van der Waals surface area (Å²) in [5, 5.41) is 2.88. The van der Waals surface area contributed by atoms with E-state index in [0.29, 0.717) is 18.9 Å². The van der Waals surface area contributed by atoms with Gasteiger partial charge in [-0.15, -0.1) is 0 Å². The van der Waals surface area contributed by atoms with Crippen molar-refractivity contribution in [3.8, 4) is 0 Å². The average molecular weight is 362 g/mol. The highest BCUT2D eigenvalue weighted by atomic mass is 19.1. The summed E-state index contributed by atoms with van der Waals surface area (Å²) in [6.45, 7) is 2.87. The molecule has 7 nitrogen and oxygen atoms in total. The Labute approximate surface area is 151 Å². The second-order valence-electron chi connectivity index (χ2n) is 7.13. The lowest BCUT2D eigenvalue weighted by Gasteiger charge is -2.33. The molecule has 8 heteroatoms. The maximum absolute atomic E-state index is 13.4. The monoisotopic (exact) mass is 362 g/mol. The number of piperidine rings is 1. The quantitative estimate of drug-likeness (QED) is 0.880. The lowest BCUT2D eigenvalue weighted by molar-refractivity contribution is -0.124. The molecule has 0 saturated carbocycles. The zero-order chi connectivity index (χ0) is 18.1. The van der Waals surface area contributed by atoms with Crippen molar-refractivity contribution in [2.75, 3.05) is 32.7 Å². The van der Waals surface area contributed by atoms with Gasteiger partial charge in [0.1, 0.15) is 5.83 Å². The Morgan fingerprint density at radius 3 is 2.77 bits per heavy atom. The van der Waals surface area contributed by atoms with Crippen LogP contribution >= 0.6 is 0 Å². The van der Waals surface area contributed by atoms with Crippen molar-refractivity contribution in [1.82, 2.24) is 20.1 Å². The van der Waals surface area contributed by atoms with Crippen molar-refractivity contribution in [2.24, 2.45) is 0 Å². The summed E-state index contributed by atoms with van der Waals surface area (Å²) >= 11 is 0. The summed E-state index contributed by atoms with van der Waals surface area (Å²) in [5.74, 6) is 0.412. The van der Waals surface area contributed by atoms with Crippen LogP contribution < -0.4 is 5.32 Å². The first-order valence-corrected chi connectivity index (χ1v) is 9.23. The summed E-state index contributed by atoms with van der Waals surface area (Å²) in [6.07, 6.45) is 6.03. The molecule has 1 aromatic heterocycles. The van der Waals surface area contributed by atoms with Gasteiger partial charge in [0.2, 0.25) is 11.7 Å². The zero-order valence-electron chi connectivity index (χ0n) is 14.6. The fraction of sp³-hybridized carbons (Fsp3) is 0.611. The zero-order valence-corrected chi connectivity index (χ0v) is 14.6. The smallest absolute Gasteiger partial charge is 0.291 e. The van der Waals surface area contributed by atoms with Crippen LogP contribution in [0.5, 0.6) is 0 Å². The molecule has 140 valence electrons. The fourth-order valence-corrected chi connectivity index (χ4v) is 3.99. The van der Waals surface area contributed by atoms with Crippen molar-refractivity contribution in [2.45, 2.75) is 37.6 Å². The number of carbonyl (C=O) groups is 2. The van der Waals surface area contributed by atoms with Gasteiger partial charge in [-0.1, -0.05) is 0 Å². The van der Waals surface area contributed by atoms with Crippen LogP contribution in [0.1, 0.15) is 48.0 Å². The highest BCUT2D eigenvalue weighted by Crippen LogP contribution is 2.30. The van der Waals surface area contributed by atoms with E-state index in [1.807, 2.05) is 0 Å². The van der Waals surface area contributed by atoms with Crippen molar-refractivity contribution in [1.29, 1.82) is 0 Å². The van der Waals surface area contributed by atoms with Gasteiger partial charge in [-0.05, 0) is 44.8 Å². The number of aromatic nitrogens is 1. The van der Waals surface area contributed by atoms with E-state index >= 15 is 0 Å². The summed E-state index contributed by atoms with van der Waals surface area (Å²) in [5.41, 5.74) is 0. The molecule has 26 heavy (non-hydrogen) atoms. The molecule has 0 bridgehead atoms. The van der Waals surface area contributed by atoms with Crippen LogP contribution in [-0.4, -0.2) is 65.4 Å². The summed E-state index contributed by atoms with van der Waals surface area (Å²) < 4.78 is 19.1. The number of rotatable bonds is 3. The predicted octanol–water partition coefficient (Wildman–Crippen LogP) is 1.44. The van der Waals surface area contributed by atoms with Gasteiger partial charge in [-0.25, -0.2) is 9.37 Å². The first-order valence-electron chi connectivity index (χ1n) is 9.23. The average Bonchev–Trinajstić information content (AvgIpc) is 3.30. The third kappa shape index (κ3) is 3.38. The molecule has 1 unspecified atom stereocenters. The minimum atomic E-state index is -0.313. The molecule has 1 aromatic rings. The van der Waals surface area contributed by atoms with E-state index in [1.165, 1.54) is 17.2 Å². The van der Waals surface area contributed by atoms with E-state index in [0.717, 1.165) is 38.9 Å². The molecule has 4 heterocycles. The van der Waals surface area contributed by atoms with E-state index in [1.54, 1.807) is 0 Å². The van der Waals surface area contributed by atoms with E-state index in [4.69, 9.17) is 4.42 Å². The van der Waals surface area contributed by atoms with Gasteiger partial charge in [0.15, 0.2) is 5.89 Å². The highest BCUT2D eigenvalue weighted by Gasteiger charge is 2.34. The minimum Gasteiger partial charge on any atom is -0.435 e. The summed E-state index contributed by atoms with van der Waals surface area (Å²) in [7, 11) is 0. The Balaban J connectivity index is 1.36. The Morgan fingerprint density at radius 2 is 2.08 bits per heavy atom. The van der Waals surface area contributed by atoms with Gasteiger partial charge in [0.25, 0.3) is 5.91 Å². The Morgan fingerprint density at radius 1 is 1.27 bits per heavy atom. The molecule has 3 aliphatic rings. The van der Waals surface area contributed by atoms with Crippen molar-refractivity contribution in [3.05, 3.63) is 29.8 Å². The molecule has 0 aromatic carbocycles. The van der Waals surface area contributed by atoms with Crippen LogP contribution in [0.25, 0.3) is 0 Å². The first kappa shape index (κ1) is 17.2. The first-order chi connectivity index (χ1) is 12.6. The van der Waals surface area contributed by atoms with Crippen LogP contribution in [0.4, 0.5) is 4.39 Å². The van der Waals surface area contributed by atoms with Crippen molar-refractivity contribution in [3.63, 3.8) is 0 Å². The van der Waals surface area contributed by atoms with Gasteiger partial charge < -0.3 is 14.6 Å². The molecule has 2 fully saturated rings. The Kier molecular flexibility index (Phi) is 4.76. The SMILES string of the molecule is O=C1NCCC1N1CCC(c2ncc(C(=O)N3CCC=C(F)C3)o2)CC1. The van der Waals surface area contributed by atoms with Gasteiger partial charge >= 0.3 is 0 Å². The second kappa shape index (κ2) is 7.19. The third-order valence-corrected chi connectivity index (χ3v) is 5.47. The topological polar surface area (TPSA) is 78.7 Å². The molecular weight excluding hydrogens is 339 g/mol. The number of hydrogen-bond acceptors (Lipinski definition) is 5. The number of oxazole rings is 1. The number of likely N-dealkylation sites (tertiary alicyclic amines) is 1. The number of halogens is 1. The molecule has 3 aliphatic heterocycles. The molecule has 1 atom stereocenters. The maximum Gasteiger partial charge on any atom is 0.291 e. The normalized spacial score (nSPS) is 25.3. The summed E-state index contributed by atoms with van der Waals surface area (Å²) in [6, 6.07) is -0.0142. The summed E-state index contributed by atoms with van der Waals surface area (Å²) in [4.78, 5) is 32.2. The fourth-order valence-electron chi connectivity index (χ4n) is 3.99. The molecule has 2 amide bonds. The van der Waals surface area contributed by atoms with E-state index in [2.05, 4.69) is 15.2 Å². The predicted molar refractivity (Wildman–Crippen MR) is 91.2 cm³/mol. The molecule has 4 rings (SSSR count). The highest BCUT2D eigenvalue weighted by molar-refractivity contribution is 5.91. The molecule has 1 N–H and O–H groups in total. The van der Waals surface area contributed by atoms with Crippen molar-refractivity contribution >= 4 is 11.8 Å². The third-order valence-electron chi connectivity index (χ3n) is 5.47. The number of carbonyl (C=O) groups excluding carboxylic acids is 2. The van der Waals surface area contributed by atoms with Gasteiger partial charge in [-0.3, -0.25) is 14.5 Å². The molecular formula is C18H23FN4O3. The number of hydrogen-bond donors (Lipinski definition) is 1. The lowest BCUT2D eigenvalue weighted by atomic mass is 9.95. The van der Waals surface area contributed by atoms with Crippen LogP contribution in [0.2, 0.25) is 0 Å². The van der Waals surface area contributed by atoms with Gasteiger partial charge in [0, 0.05) is 19.0 Å². The van der Waals surface area contributed by atoms with E-state index in [-0.39, 0.29) is 41.9 Å². The Bertz CT molecular complexity index is 724. The van der Waals surface area contributed by atoms with Crippen LogP contribution in [0.15, 0.2) is 22.5 Å². The van der Waals surface area contributed by atoms with Crippen LogP contribution in [0.3, 0.4) is 0 Å². The molecule has 2 saturated heterocycles. The number of nitrogens with one attached hydrogen (secondary N) is 1. The molecule has 0 radical (unpaired) electrons. The lowest BCUT2D eigenvalue weighted by Crippen LogP contribution is -2.44. The van der Waals surface area contributed by atoms with E-state index < -0.39 is 0 Å². The largest absolute Gasteiger partial charge is 0.435 e. The van der Waals surface area contributed by atoms with Crippen molar-refractivity contribution < 1.29 is 18.4 Å². The van der Waals surface area contributed by atoms with Gasteiger partial charge in [0.05, 0.1) is 18.8 Å². The van der Waals surface area contributed by atoms with E-state index in [9.17, 15) is 14.0 Å². The molecule has 0 aliphatic carbocycles. The maximum atomic E-state index is 13.4. The minimum absolute atomic E-state index is 0.00327.